The zero-order valence-electron chi connectivity index (χ0n) is 20.0. The maximum absolute atomic E-state index is 13.6. The van der Waals surface area contributed by atoms with Crippen LogP contribution in [0.15, 0.2) is 45.6 Å². The van der Waals surface area contributed by atoms with Gasteiger partial charge in [0.15, 0.2) is 0 Å². The van der Waals surface area contributed by atoms with E-state index in [-0.39, 0.29) is 18.0 Å². The topological polar surface area (TPSA) is 91.1 Å². The van der Waals surface area contributed by atoms with E-state index >= 15 is 0 Å². The third-order valence-electron chi connectivity index (χ3n) is 7.74. The minimum absolute atomic E-state index is 0.0242. The fraction of sp³-hybridized carbons (Fsp3) is 0.519. The molecule has 0 aliphatic carbocycles. The lowest BCUT2D eigenvalue weighted by Crippen LogP contribution is -2.64. The first kappa shape index (κ1) is 24.2. The Balaban J connectivity index is 0.000000868. The van der Waals surface area contributed by atoms with Crippen LogP contribution in [0.25, 0.3) is 0 Å². The van der Waals surface area contributed by atoms with Crippen molar-refractivity contribution in [3.05, 3.63) is 69.3 Å². The lowest BCUT2D eigenvalue weighted by atomic mass is 9.71. The number of hydrogen-bond donors (Lipinski definition) is 1. The standard InChI is InChI=1S/C26H32N2O3.CH2O2/c1-17-12-24(29)31-18(2)25(17)26(30)27-15-20-14-21(16-27)23(13-19-8-4-3-5-9-19)28-11-7-6-10-22(20)28;2-1-3/h3-5,8-9,12,20-23H,6-7,10-11,13-16H2,1-2H3;1H,(H,2,3)/t20-,21+,22+,23+;/m1./s1. The lowest BCUT2D eigenvalue weighted by Gasteiger charge is -2.57. The van der Waals surface area contributed by atoms with E-state index in [0.717, 1.165) is 25.1 Å². The maximum Gasteiger partial charge on any atom is 0.336 e. The normalized spacial score (nSPS) is 26.1. The van der Waals surface area contributed by atoms with E-state index in [1.54, 1.807) is 6.92 Å². The van der Waals surface area contributed by atoms with Crippen LogP contribution >= 0.6 is 0 Å². The first-order valence-electron chi connectivity index (χ1n) is 12.2. The van der Waals surface area contributed by atoms with Crippen LogP contribution in [0.2, 0.25) is 0 Å². The van der Waals surface area contributed by atoms with Gasteiger partial charge in [-0.2, -0.15) is 0 Å². The summed E-state index contributed by atoms with van der Waals surface area (Å²) < 4.78 is 5.27. The summed E-state index contributed by atoms with van der Waals surface area (Å²) in [6, 6.07) is 13.3. The third kappa shape index (κ3) is 4.94. The molecule has 1 N–H and O–H groups in total. The molecule has 2 aromatic rings. The molecule has 4 heterocycles. The van der Waals surface area contributed by atoms with Crippen LogP contribution in [-0.4, -0.2) is 59.0 Å². The SMILES string of the molecule is Cc1cc(=O)oc(C)c1C(=O)N1C[C@H]2C[C@@H](C1)[C@H](Cc1ccccc1)N1CCCC[C@@H]21.O=CO. The van der Waals surface area contributed by atoms with Gasteiger partial charge in [-0.25, -0.2) is 4.79 Å². The first-order valence-corrected chi connectivity index (χ1v) is 12.2. The minimum atomic E-state index is -0.386. The Morgan fingerprint density at radius 1 is 1.15 bits per heavy atom. The molecule has 1 aromatic heterocycles. The van der Waals surface area contributed by atoms with Crippen molar-refractivity contribution in [3.8, 4) is 0 Å². The Hall–Kier alpha value is -2.93. The number of amides is 1. The van der Waals surface area contributed by atoms with Crippen molar-refractivity contribution in [3.63, 3.8) is 0 Å². The molecule has 4 atom stereocenters. The molecule has 0 radical (unpaired) electrons. The fourth-order valence-corrected chi connectivity index (χ4v) is 6.45. The molecule has 7 nitrogen and oxygen atoms in total. The van der Waals surface area contributed by atoms with E-state index in [1.165, 1.54) is 43.9 Å². The summed E-state index contributed by atoms with van der Waals surface area (Å²) in [7, 11) is 0. The summed E-state index contributed by atoms with van der Waals surface area (Å²) in [6.07, 6.45) is 6.07. The van der Waals surface area contributed by atoms with Gasteiger partial charge in [-0.05, 0) is 69.0 Å². The highest BCUT2D eigenvalue weighted by Crippen LogP contribution is 2.42. The average Bonchev–Trinajstić information content (AvgIpc) is 2.82. The average molecular weight is 467 g/mol. The summed E-state index contributed by atoms with van der Waals surface area (Å²) in [5, 5.41) is 6.89. The van der Waals surface area contributed by atoms with Crippen LogP contribution < -0.4 is 5.63 Å². The van der Waals surface area contributed by atoms with E-state index in [4.69, 9.17) is 14.3 Å². The van der Waals surface area contributed by atoms with Gasteiger partial charge in [0.25, 0.3) is 12.4 Å². The van der Waals surface area contributed by atoms with Gasteiger partial charge in [0.2, 0.25) is 0 Å². The van der Waals surface area contributed by atoms with E-state index in [9.17, 15) is 9.59 Å². The molecule has 0 spiro atoms. The Morgan fingerprint density at radius 3 is 2.56 bits per heavy atom. The third-order valence-corrected chi connectivity index (χ3v) is 7.74. The van der Waals surface area contributed by atoms with Crippen LogP contribution in [0.5, 0.6) is 0 Å². The predicted octanol–water partition coefficient (Wildman–Crippen LogP) is 3.52. The van der Waals surface area contributed by atoms with Gasteiger partial charge in [0, 0.05) is 31.2 Å². The van der Waals surface area contributed by atoms with Gasteiger partial charge in [0.1, 0.15) is 5.76 Å². The number of piperidine rings is 3. The molecular weight excluding hydrogens is 432 g/mol. The Morgan fingerprint density at radius 2 is 1.85 bits per heavy atom. The number of carbonyl (C=O) groups excluding carboxylic acids is 1. The van der Waals surface area contributed by atoms with E-state index in [2.05, 4.69) is 40.1 Å². The highest BCUT2D eigenvalue weighted by Gasteiger charge is 2.48. The fourth-order valence-electron chi connectivity index (χ4n) is 6.45. The van der Waals surface area contributed by atoms with Crippen LogP contribution in [0.4, 0.5) is 0 Å². The van der Waals surface area contributed by atoms with Crippen molar-refractivity contribution in [2.45, 2.75) is 58.0 Å². The number of likely N-dealkylation sites (tertiary alicyclic amines) is 1. The highest BCUT2D eigenvalue weighted by atomic mass is 16.4. The van der Waals surface area contributed by atoms with Crippen molar-refractivity contribution in [1.82, 2.24) is 9.80 Å². The summed E-state index contributed by atoms with van der Waals surface area (Å²) in [5.41, 5.74) is 2.28. The van der Waals surface area contributed by atoms with Gasteiger partial charge < -0.3 is 14.4 Å². The molecule has 0 saturated carbocycles. The molecule has 34 heavy (non-hydrogen) atoms. The number of carbonyl (C=O) groups is 2. The molecule has 182 valence electrons. The summed E-state index contributed by atoms with van der Waals surface area (Å²) in [5.74, 6) is 1.47. The summed E-state index contributed by atoms with van der Waals surface area (Å²) >= 11 is 0. The molecule has 7 heteroatoms. The number of nitrogens with zero attached hydrogens (tertiary/aromatic N) is 2. The predicted molar refractivity (Wildman–Crippen MR) is 129 cm³/mol. The second-order valence-corrected chi connectivity index (χ2v) is 9.81. The minimum Gasteiger partial charge on any atom is -0.483 e. The molecule has 0 unspecified atom stereocenters. The first-order chi connectivity index (χ1) is 16.4. The number of hydrogen-bond acceptors (Lipinski definition) is 5. The van der Waals surface area contributed by atoms with E-state index < -0.39 is 0 Å². The molecule has 1 aromatic carbocycles. The molecule has 5 rings (SSSR count). The van der Waals surface area contributed by atoms with Crippen molar-refractivity contribution >= 4 is 12.4 Å². The summed E-state index contributed by atoms with van der Waals surface area (Å²) in [6.45, 7) is 6.10. The largest absolute Gasteiger partial charge is 0.483 e. The number of benzene rings is 1. The molecule has 1 amide bonds. The molecule has 2 bridgehead atoms. The van der Waals surface area contributed by atoms with Crippen molar-refractivity contribution in [2.75, 3.05) is 19.6 Å². The molecule has 3 fully saturated rings. The molecule has 3 aliphatic heterocycles. The Labute approximate surface area is 200 Å². The van der Waals surface area contributed by atoms with Crippen LogP contribution in [-0.2, 0) is 11.2 Å². The number of rotatable bonds is 3. The number of aryl methyl sites for hydroxylation is 2. The van der Waals surface area contributed by atoms with Crippen LogP contribution in [0, 0.1) is 25.7 Å². The molecular formula is C27H34N2O5. The van der Waals surface area contributed by atoms with Crippen LogP contribution in [0.1, 0.15) is 52.9 Å². The molecule has 3 saturated heterocycles. The van der Waals surface area contributed by atoms with Gasteiger partial charge in [-0.1, -0.05) is 36.8 Å². The Bertz CT molecular complexity index is 1040. The maximum atomic E-state index is 13.6. The number of carboxylic acid groups (broad SMARTS) is 1. The van der Waals surface area contributed by atoms with Gasteiger partial charge in [0.05, 0.1) is 5.56 Å². The van der Waals surface area contributed by atoms with Crippen molar-refractivity contribution < 1.29 is 19.1 Å². The zero-order valence-corrected chi connectivity index (χ0v) is 20.0. The second-order valence-electron chi connectivity index (χ2n) is 9.81. The Kier molecular flexibility index (Phi) is 7.51. The monoisotopic (exact) mass is 466 g/mol. The molecule has 3 aliphatic rings. The quantitative estimate of drug-likeness (QED) is 0.696. The van der Waals surface area contributed by atoms with Crippen LogP contribution in [0.3, 0.4) is 0 Å². The second kappa shape index (κ2) is 10.6. The van der Waals surface area contributed by atoms with Gasteiger partial charge >= 0.3 is 5.63 Å². The van der Waals surface area contributed by atoms with Crippen molar-refractivity contribution in [1.29, 1.82) is 0 Å². The summed E-state index contributed by atoms with van der Waals surface area (Å²) in [4.78, 5) is 38.5. The lowest BCUT2D eigenvalue weighted by molar-refractivity contribution is -0.122. The van der Waals surface area contributed by atoms with E-state index in [1.807, 2.05) is 6.92 Å². The smallest absolute Gasteiger partial charge is 0.336 e. The zero-order chi connectivity index (χ0) is 24.2. The number of fused-ring (bicyclic) bond motifs is 4. The highest BCUT2D eigenvalue weighted by molar-refractivity contribution is 5.96. The van der Waals surface area contributed by atoms with Gasteiger partial charge in [-0.15, -0.1) is 0 Å². The van der Waals surface area contributed by atoms with Crippen molar-refractivity contribution in [2.24, 2.45) is 11.8 Å². The van der Waals surface area contributed by atoms with E-state index in [0.29, 0.717) is 35.2 Å². The van der Waals surface area contributed by atoms with Gasteiger partial charge in [-0.3, -0.25) is 14.5 Å².